The van der Waals surface area contributed by atoms with Crippen LogP contribution in [0.3, 0.4) is 0 Å². The minimum Gasteiger partial charge on any atom is -0.378 e. The number of aliphatic hydroxyl groups is 1. The molecule has 0 bridgehead atoms. The van der Waals surface area contributed by atoms with Crippen LogP contribution < -0.4 is 0 Å². The van der Waals surface area contributed by atoms with E-state index in [-0.39, 0.29) is 0 Å². The fraction of sp³-hybridized carbons (Fsp3) is 0.750. The van der Waals surface area contributed by atoms with E-state index in [4.69, 9.17) is 11.6 Å². The second-order valence-corrected chi connectivity index (χ2v) is 2.44. The van der Waals surface area contributed by atoms with Gasteiger partial charge in [0.15, 0.2) is 0 Å². The van der Waals surface area contributed by atoms with Crippen molar-refractivity contribution in [2.45, 2.75) is 32.3 Å². The van der Waals surface area contributed by atoms with Crippen molar-refractivity contribution >= 4 is 11.6 Å². The van der Waals surface area contributed by atoms with E-state index in [1.54, 1.807) is 0 Å². The average Bonchev–Trinajstić information content (AvgIpc) is 2.00. The SMILES string of the molecule is CCC(O)(C#CCCl)CC. The molecule has 0 spiro atoms. The standard InChI is InChI=1S/C8H13ClO/c1-3-8(10,4-2)6-5-7-9/h10H,3-4,7H2,1-2H3. The van der Waals surface area contributed by atoms with Gasteiger partial charge in [-0.05, 0) is 12.8 Å². The van der Waals surface area contributed by atoms with Gasteiger partial charge in [0.2, 0.25) is 0 Å². The zero-order valence-electron chi connectivity index (χ0n) is 6.45. The molecule has 0 saturated carbocycles. The lowest BCUT2D eigenvalue weighted by molar-refractivity contribution is 0.0931. The van der Waals surface area contributed by atoms with Crippen molar-refractivity contribution in [3.05, 3.63) is 0 Å². The Kier molecular flexibility index (Phi) is 4.51. The fourth-order valence-electron chi connectivity index (χ4n) is 0.625. The summed E-state index contributed by atoms with van der Waals surface area (Å²) in [5.74, 6) is 5.67. The minimum absolute atomic E-state index is 0.294. The summed E-state index contributed by atoms with van der Waals surface area (Å²) in [6.07, 6.45) is 1.32. The highest BCUT2D eigenvalue weighted by Crippen LogP contribution is 2.12. The van der Waals surface area contributed by atoms with Gasteiger partial charge in [0, 0.05) is 0 Å². The maximum Gasteiger partial charge on any atom is 0.125 e. The summed E-state index contributed by atoms with van der Waals surface area (Å²) in [6, 6.07) is 0. The number of halogens is 1. The van der Waals surface area contributed by atoms with Crippen molar-refractivity contribution in [1.82, 2.24) is 0 Å². The van der Waals surface area contributed by atoms with Gasteiger partial charge in [-0.25, -0.2) is 0 Å². The highest BCUT2D eigenvalue weighted by atomic mass is 35.5. The molecule has 2 heteroatoms. The molecule has 0 saturated heterocycles. The van der Waals surface area contributed by atoms with Crippen LogP contribution in [0.25, 0.3) is 0 Å². The van der Waals surface area contributed by atoms with Gasteiger partial charge in [-0.2, -0.15) is 0 Å². The topological polar surface area (TPSA) is 20.2 Å². The quantitative estimate of drug-likeness (QED) is 0.482. The molecule has 1 nitrogen and oxygen atoms in total. The third kappa shape index (κ3) is 3.10. The molecule has 0 radical (unpaired) electrons. The number of alkyl halides is 1. The summed E-state index contributed by atoms with van der Waals surface area (Å²) in [4.78, 5) is 0. The molecule has 0 fully saturated rings. The first kappa shape index (κ1) is 9.81. The molecule has 0 amide bonds. The third-order valence-electron chi connectivity index (χ3n) is 1.56. The molecule has 10 heavy (non-hydrogen) atoms. The number of hydrogen-bond acceptors (Lipinski definition) is 1. The van der Waals surface area contributed by atoms with Crippen molar-refractivity contribution in [1.29, 1.82) is 0 Å². The largest absolute Gasteiger partial charge is 0.378 e. The molecule has 58 valence electrons. The lowest BCUT2D eigenvalue weighted by Gasteiger charge is -2.16. The van der Waals surface area contributed by atoms with E-state index in [1.807, 2.05) is 13.8 Å². The molecular formula is C8H13ClO. The van der Waals surface area contributed by atoms with Crippen molar-refractivity contribution in [3.8, 4) is 11.8 Å². The fourth-order valence-corrected chi connectivity index (χ4v) is 0.692. The smallest absolute Gasteiger partial charge is 0.125 e. The summed E-state index contributed by atoms with van der Waals surface area (Å²) >= 11 is 5.34. The summed E-state index contributed by atoms with van der Waals surface area (Å²) in [6.45, 7) is 3.82. The van der Waals surface area contributed by atoms with Crippen molar-refractivity contribution in [2.75, 3.05) is 5.88 Å². The Hall–Kier alpha value is -0.190. The van der Waals surface area contributed by atoms with Crippen LogP contribution in [0.5, 0.6) is 0 Å². The Morgan fingerprint density at radius 2 is 1.90 bits per heavy atom. The lowest BCUT2D eigenvalue weighted by Crippen LogP contribution is -2.23. The van der Waals surface area contributed by atoms with E-state index in [1.165, 1.54) is 0 Å². The molecule has 0 heterocycles. The van der Waals surface area contributed by atoms with Gasteiger partial charge in [0.25, 0.3) is 0 Å². The van der Waals surface area contributed by atoms with Crippen molar-refractivity contribution in [3.63, 3.8) is 0 Å². The first-order valence-corrected chi connectivity index (χ1v) is 4.00. The van der Waals surface area contributed by atoms with Crippen LogP contribution in [-0.4, -0.2) is 16.6 Å². The Labute approximate surface area is 67.4 Å². The van der Waals surface area contributed by atoms with Crippen LogP contribution in [0.2, 0.25) is 0 Å². The van der Waals surface area contributed by atoms with Crippen LogP contribution in [0.15, 0.2) is 0 Å². The molecule has 0 rings (SSSR count). The van der Waals surface area contributed by atoms with Gasteiger partial charge >= 0.3 is 0 Å². The summed E-state index contributed by atoms with van der Waals surface area (Å²) < 4.78 is 0. The minimum atomic E-state index is -0.811. The monoisotopic (exact) mass is 160 g/mol. The predicted octanol–water partition coefficient (Wildman–Crippen LogP) is 1.78. The normalized spacial score (nSPS) is 10.4. The van der Waals surface area contributed by atoms with E-state index < -0.39 is 5.60 Å². The van der Waals surface area contributed by atoms with E-state index in [0.29, 0.717) is 18.7 Å². The summed E-state index contributed by atoms with van der Waals surface area (Å²) in [5.41, 5.74) is -0.811. The molecule has 0 aromatic heterocycles. The van der Waals surface area contributed by atoms with Gasteiger partial charge in [0.1, 0.15) is 5.60 Å². The Bertz CT molecular complexity index is 139. The zero-order valence-corrected chi connectivity index (χ0v) is 7.20. The molecule has 0 unspecified atom stereocenters. The number of hydrogen-bond donors (Lipinski definition) is 1. The highest BCUT2D eigenvalue weighted by molar-refractivity contribution is 6.19. The maximum absolute atomic E-state index is 9.53. The first-order valence-electron chi connectivity index (χ1n) is 3.47. The summed E-state index contributed by atoms with van der Waals surface area (Å²) in [7, 11) is 0. The summed E-state index contributed by atoms with van der Waals surface area (Å²) in [5, 5.41) is 9.53. The molecule has 0 atom stereocenters. The van der Waals surface area contributed by atoms with Crippen molar-refractivity contribution in [2.24, 2.45) is 0 Å². The Balaban J connectivity index is 4.05. The average molecular weight is 161 g/mol. The predicted molar refractivity (Wildman–Crippen MR) is 44.0 cm³/mol. The van der Waals surface area contributed by atoms with Gasteiger partial charge in [0.05, 0.1) is 5.88 Å². The molecule has 0 aliphatic heterocycles. The molecule has 0 aliphatic carbocycles. The highest BCUT2D eigenvalue weighted by Gasteiger charge is 2.17. The van der Waals surface area contributed by atoms with Gasteiger partial charge < -0.3 is 5.11 Å². The van der Waals surface area contributed by atoms with Crippen LogP contribution in [0.4, 0.5) is 0 Å². The molecule has 0 aromatic rings. The Morgan fingerprint density at radius 3 is 2.20 bits per heavy atom. The van der Waals surface area contributed by atoms with E-state index in [2.05, 4.69) is 11.8 Å². The van der Waals surface area contributed by atoms with Crippen molar-refractivity contribution < 1.29 is 5.11 Å². The zero-order chi connectivity index (χ0) is 8.04. The number of rotatable bonds is 2. The van der Waals surface area contributed by atoms with E-state index in [9.17, 15) is 5.11 Å². The first-order chi connectivity index (χ1) is 4.68. The molecule has 0 aliphatic rings. The maximum atomic E-state index is 9.53. The molecule has 0 aromatic carbocycles. The van der Waals surface area contributed by atoms with Crippen LogP contribution >= 0.6 is 11.6 Å². The third-order valence-corrected chi connectivity index (χ3v) is 1.69. The van der Waals surface area contributed by atoms with Crippen LogP contribution in [0, 0.1) is 11.8 Å². The van der Waals surface area contributed by atoms with Crippen LogP contribution in [-0.2, 0) is 0 Å². The second kappa shape index (κ2) is 4.60. The van der Waals surface area contributed by atoms with Gasteiger partial charge in [-0.15, -0.1) is 11.6 Å². The van der Waals surface area contributed by atoms with Gasteiger partial charge in [-0.3, -0.25) is 0 Å². The lowest BCUT2D eigenvalue weighted by atomic mass is 9.99. The Morgan fingerprint density at radius 1 is 1.40 bits per heavy atom. The van der Waals surface area contributed by atoms with Crippen LogP contribution in [0.1, 0.15) is 26.7 Å². The second-order valence-electron chi connectivity index (χ2n) is 2.17. The van der Waals surface area contributed by atoms with E-state index in [0.717, 1.165) is 0 Å². The van der Waals surface area contributed by atoms with E-state index >= 15 is 0 Å². The molecular weight excluding hydrogens is 148 g/mol. The van der Waals surface area contributed by atoms with Gasteiger partial charge in [-0.1, -0.05) is 25.7 Å². The molecule has 1 N–H and O–H groups in total.